The molecule has 1 aromatic rings. The van der Waals surface area contributed by atoms with Crippen molar-refractivity contribution in [3.05, 3.63) is 23.3 Å². The molecule has 0 amide bonds. The fourth-order valence-electron chi connectivity index (χ4n) is 0.811. The van der Waals surface area contributed by atoms with E-state index < -0.39 is 10.9 Å². The van der Waals surface area contributed by atoms with Crippen molar-refractivity contribution in [3.63, 3.8) is 0 Å². The molecular formula is C6H3Br2NO4S. The Hall–Kier alpha value is -0.470. The van der Waals surface area contributed by atoms with Crippen LogP contribution < -0.4 is 0 Å². The lowest BCUT2D eigenvalue weighted by Crippen LogP contribution is -2.03. The molecule has 0 fully saturated rings. The number of carbonyl (C=O) groups is 1. The summed E-state index contributed by atoms with van der Waals surface area (Å²) >= 11 is 7.12. The molecule has 0 N–H and O–H groups in total. The average molecular weight is 345 g/mol. The molecular weight excluding hydrogens is 342 g/mol. The first-order valence-corrected chi connectivity index (χ1v) is 5.59. The molecule has 1 heterocycles. The zero-order valence-corrected chi connectivity index (χ0v) is 10.7. The molecule has 0 saturated heterocycles. The lowest BCUT2D eigenvalue weighted by atomic mass is 10.3. The Morgan fingerprint density at radius 2 is 2.07 bits per heavy atom. The molecule has 0 spiro atoms. The lowest BCUT2D eigenvalue weighted by Gasteiger charge is -1.96. The van der Waals surface area contributed by atoms with Gasteiger partial charge in [0.15, 0.2) is 5.56 Å². The predicted octanol–water partition coefficient (Wildman–Crippen LogP) is 2.97. The average Bonchev–Trinajstić information content (AvgIpc) is 2.39. The van der Waals surface area contributed by atoms with Crippen molar-refractivity contribution < 1.29 is 14.5 Å². The van der Waals surface area contributed by atoms with Gasteiger partial charge in [-0.25, -0.2) is 4.79 Å². The van der Waals surface area contributed by atoms with E-state index in [1.54, 1.807) is 0 Å². The summed E-state index contributed by atoms with van der Waals surface area (Å²) < 4.78 is 5.10. The van der Waals surface area contributed by atoms with Crippen LogP contribution >= 0.6 is 43.2 Å². The Labute approximate surface area is 99.5 Å². The summed E-state index contributed by atoms with van der Waals surface area (Å²) in [5, 5.41) is 10.6. The van der Waals surface area contributed by atoms with Gasteiger partial charge in [0.1, 0.15) is 3.79 Å². The fourth-order valence-corrected chi connectivity index (χ4v) is 3.84. The van der Waals surface area contributed by atoms with E-state index in [0.717, 1.165) is 11.3 Å². The van der Waals surface area contributed by atoms with Gasteiger partial charge in [0.05, 0.1) is 15.8 Å². The maximum atomic E-state index is 11.2. The fraction of sp³-hybridized carbons (Fsp3) is 0.167. The molecule has 0 bridgehead atoms. The molecule has 0 unspecified atom stereocenters. The van der Waals surface area contributed by atoms with Crippen LogP contribution in [-0.4, -0.2) is 18.0 Å². The topological polar surface area (TPSA) is 69.4 Å². The molecule has 8 heteroatoms. The molecule has 5 nitrogen and oxygen atoms in total. The van der Waals surface area contributed by atoms with Gasteiger partial charge in [-0.15, -0.1) is 11.3 Å². The largest absolute Gasteiger partial charge is 0.465 e. The third-order valence-electron chi connectivity index (χ3n) is 1.37. The molecule has 1 aromatic heterocycles. The zero-order chi connectivity index (χ0) is 10.9. The Morgan fingerprint density at radius 1 is 1.50 bits per heavy atom. The monoisotopic (exact) mass is 343 g/mol. The molecule has 0 aromatic carbocycles. The van der Waals surface area contributed by atoms with Crippen molar-refractivity contribution in [1.29, 1.82) is 0 Å². The van der Waals surface area contributed by atoms with E-state index in [4.69, 9.17) is 0 Å². The maximum Gasteiger partial charge on any atom is 0.347 e. The number of methoxy groups -OCH3 is 1. The van der Waals surface area contributed by atoms with Crippen molar-refractivity contribution in [1.82, 2.24) is 0 Å². The number of nitrogens with zero attached hydrogens (tertiary/aromatic N) is 1. The van der Waals surface area contributed by atoms with Gasteiger partial charge in [0.2, 0.25) is 0 Å². The minimum atomic E-state index is -0.731. The Bertz CT molecular complexity index is 403. The molecule has 1 rings (SSSR count). The summed E-state index contributed by atoms with van der Waals surface area (Å²) in [6.07, 6.45) is 0. The van der Waals surface area contributed by atoms with E-state index in [1.807, 2.05) is 0 Å². The number of thiophene rings is 1. The number of ether oxygens (including phenoxy) is 1. The predicted molar refractivity (Wildman–Crippen MR) is 57.7 cm³/mol. The van der Waals surface area contributed by atoms with Gasteiger partial charge in [-0.1, -0.05) is 0 Å². The van der Waals surface area contributed by atoms with Crippen LogP contribution in [0.2, 0.25) is 0 Å². The number of esters is 1. The van der Waals surface area contributed by atoms with E-state index in [-0.39, 0.29) is 15.0 Å². The second-order valence-corrected chi connectivity index (χ2v) is 5.78. The van der Waals surface area contributed by atoms with Crippen molar-refractivity contribution in [2.45, 2.75) is 0 Å². The third kappa shape index (κ3) is 1.96. The van der Waals surface area contributed by atoms with Crippen molar-refractivity contribution >= 4 is 54.9 Å². The quantitative estimate of drug-likeness (QED) is 0.470. The first-order chi connectivity index (χ1) is 6.49. The summed E-state index contributed by atoms with van der Waals surface area (Å²) in [6, 6.07) is 0. The second-order valence-electron chi connectivity index (χ2n) is 2.12. The third-order valence-corrected chi connectivity index (χ3v) is 3.87. The summed E-state index contributed by atoms with van der Waals surface area (Å²) in [7, 11) is 1.17. The van der Waals surface area contributed by atoms with Crippen LogP contribution in [0.3, 0.4) is 0 Å². The van der Waals surface area contributed by atoms with E-state index in [2.05, 4.69) is 36.6 Å². The Balaban J connectivity index is 3.39. The summed E-state index contributed by atoms with van der Waals surface area (Å²) in [5.74, 6) is -0.731. The molecule has 0 aliphatic carbocycles. The molecule has 0 aliphatic rings. The number of halogens is 2. The minimum absolute atomic E-state index is 0.0608. The molecule has 0 aliphatic heterocycles. The van der Waals surface area contributed by atoms with Crippen LogP contribution in [0.5, 0.6) is 0 Å². The zero-order valence-electron chi connectivity index (χ0n) is 6.74. The summed E-state index contributed by atoms with van der Waals surface area (Å²) in [6.45, 7) is 0. The van der Waals surface area contributed by atoms with Crippen molar-refractivity contribution in [2.75, 3.05) is 7.11 Å². The number of hydrogen-bond acceptors (Lipinski definition) is 5. The standard InChI is InChI=1S/C6H3Br2NO4S/c1-13-6(10)2-3(9(11)12)5(8)14-4(2)7/h1H3. The van der Waals surface area contributed by atoms with Crippen LogP contribution in [0.4, 0.5) is 5.69 Å². The highest BCUT2D eigenvalue weighted by Crippen LogP contribution is 2.42. The van der Waals surface area contributed by atoms with Gasteiger partial charge >= 0.3 is 11.7 Å². The first-order valence-electron chi connectivity index (χ1n) is 3.19. The molecule has 0 saturated carbocycles. The van der Waals surface area contributed by atoms with Crippen LogP contribution in [-0.2, 0) is 4.74 Å². The molecule has 0 atom stereocenters. The highest BCUT2D eigenvalue weighted by atomic mass is 79.9. The van der Waals surface area contributed by atoms with Crippen LogP contribution in [0.15, 0.2) is 7.57 Å². The Kier molecular flexibility index (Phi) is 3.62. The van der Waals surface area contributed by atoms with E-state index in [9.17, 15) is 14.9 Å². The van der Waals surface area contributed by atoms with E-state index in [1.165, 1.54) is 7.11 Å². The van der Waals surface area contributed by atoms with Crippen molar-refractivity contribution in [3.8, 4) is 0 Å². The number of rotatable bonds is 2. The maximum absolute atomic E-state index is 11.2. The van der Waals surface area contributed by atoms with E-state index in [0.29, 0.717) is 3.79 Å². The lowest BCUT2D eigenvalue weighted by molar-refractivity contribution is -0.385. The van der Waals surface area contributed by atoms with Gasteiger partial charge in [-0.2, -0.15) is 0 Å². The van der Waals surface area contributed by atoms with Crippen LogP contribution in [0.1, 0.15) is 10.4 Å². The number of hydrogen-bond donors (Lipinski definition) is 0. The summed E-state index contributed by atoms with van der Waals surface area (Å²) in [5.41, 5.74) is -0.330. The molecule has 14 heavy (non-hydrogen) atoms. The van der Waals surface area contributed by atoms with Gasteiger partial charge in [0.25, 0.3) is 0 Å². The first kappa shape index (κ1) is 11.6. The molecule has 76 valence electrons. The van der Waals surface area contributed by atoms with Gasteiger partial charge in [-0.3, -0.25) is 10.1 Å². The van der Waals surface area contributed by atoms with Gasteiger partial charge < -0.3 is 4.74 Å². The van der Waals surface area contributed by atoms with Crippen LogP contribution in [0.25, 0.3) is 0 Å². The highest BCUT2D eigenvalue weighted by Gasteiger charge is 2.30. The smallest absolute Gasteiger partial charge is 0.347 e. The van der Waals surface area contributed by atoms with Gasteiger partial charge in [-0.05, 0) is 31.9 Å². The van der Waals surface area contributed by atoms with Crippen molar-refractivity contribution in [2.24, 2.45) is 0 Å². The Morgan fingerprint density at radius 3 is 2.50 bits per heavy atom. The number of carbonyl (C=O) groups excluding carboxylic acids is 1. The summed E-state index contributed by atoms with van der Waals surface area (Å²) in [4.78, 5) is 21.2. The normalized spacial score (nSPS) is 9.93. The molecule has 0 radical (unpaired) electrons. The highest BCUT2D eigenvalue weighted by molar-refractivity contribution is 9.12. The van der Waals surface area contributed by atoms with Gasteiger partial charge in [0, 0.05) is 0 Å². The second kappa shape index (κ2) is 4.37. The minimum Gasteiger partial charge on any atom is -0.465 e. The number of nitro groups is 1. The van der Waals surface area contributed by atoms with Crippen LogP contribution in [0, 0.1) is 10.1 Å². The van der Waals surface area contributed by atoms with E-state index >= 15 is 0 Å². The SMILES string of the molecule is COC(=O)c1c(Br)sc(Br)c1[N+](=O)[O-].